The molecule has 3 nitrogen and oxygen atoms in total. The van der Waals surface area contributed by atoms with Gasteiger partial charge in [-0.2, -0.15) is 0 Å². The van der Waals surface area contributed by atoms with Gasteiger partial charge in [0.15, 0.2) is 0 Å². The van der Waals surface area contributed by atoms with Gasteiger partial charge in [0.1, 0.15) is 0 Å². The predicted octanol–water partition coefficient (Wildman–Crippen LogP) is 2.43. The molecule has 0 aromatic carbocycles. The highest BCUT2D eigenvalue weighted by atomic mass is 15.2. The number of nitrogens with one attached hydrogen (secondary N) is 1. The summed E-state index contributed by atoms with van der Waals surface area (Å²) in [6, 6.07) is 1.33. The highest BCUT2D eigenvalue weighted by Crippen LogP contribution is 2.24. The minimum Gasteiger partial charge on any atom is -0.314 e. The van der Waals surface area contributed by atoms with Gasteiger partial charge in [0, 0.05) is 31.7 Å². The zero-order chi connectivity index (χ0) is 14.5. The lowest BCUT2D eigenvalue weighted by atomic mass is 9.85. The van der Waals surface area contributed by atoms with E-state index in [0.717, 1.165) is 12.6 Å². The van der Waals surface area contributed by atoms with Crippen LogP contribution >= 0.6 is 0 Å². The number of nitrogens with zero attached hydrogens (tertiary/aromatic N) is 2. The Kier molecular flexibility index (Phi) is 6.78. The maximum Gasteiger partial charge on any atom is 0.0217 e. The van der Waals surface area contributed by atoms with Gasteiger partial charge in [-0.15, -0.1) is 0 Å². The summed E-state index contributed by atoms with van der Waals surface area (Å²) < 4.78 is 0. The van der Waals surface area contributed by atoms with E-state index in [-0.39, 0.29) is 0 Å². The van der Waals surface area contributed by atoms with E-state index < -0.39 is 0 Å². The van der Waals surface area contributed by atoms with Crippen LogP contribution in [0, 0.1) is 5.41 Å². The third-order valence-electron chi connectivity index (χ3n) is 4.61. The molecule has 1 saturated heterocycles. The molecule has 114 valence electrons. The van der Waals surface area contributed by atoms with Crippen molar-refractivity contribution in [3.8, 4) is 0 Å². The molecular weight excluding hydrogens is 234 g/mol. The van der Waals surface area contributed by atoms with E-state index in [4.69, 9.17) is 0 Å². The molecule has 1 aliphatic heterocycles. The predicted molar refractivity (Wildman–Crippen MR) is 84.7 cm³/mol. The molecule has 1 aliphatic rings. The minimum atomic E-state index is 0.401. The summed E-state index contributed by atoms with van der Waals surface area (Å²) in [5.41, 5.74) is 0.401. The fourth-order valence-electron chi connectivity index (χ4n) is 2.88. The van der Waals surface area contributed by atoms with Gasteiger partial charge in [-0.1, -0.05) is 27.7 Å². The molecule has 1 N–H and O–H groups in total. The molecule has 19 heavy (non-hydrogen) atoms. The minimum absolute atomic E-state index is 0.401. The topological polar surface area (TPSA) is 18.5 Å². The lowest BCUT2D eigenvalue weighted by Gasteiger charge is -2.41. The van der Waals surface area contributed by atoms with Crippen molar-refractivity contribution >= 4 is 0 Å². The summed E-state index contributed by atoms with van der Waals surface area (Å²) in [5, 5.41) is 3.62. The zero-order valence-electron chi connectivity index (χ0n) is 14.0. The third kappa shape index (κ3) is 5.80. The molecular formula is C16H35N3. The normalized spacial score (nSPS) is 24.9. The molecule has 1 heterocycles. The van der Waals surface area contributed by atoms with E-state index in [1.807, 2.05) is 0 Å². The summed E-state index contributed by atoms with van der Waals surface area (Å²) in [6.45, 7) is 14.1. The maximum atomic E-state index is 3.62. The van der Waals surface area contributed by atoms with Crippen molar-refractivity contribution in [3.05, 3.63) is 0 Å². The lowest BCUT2D eigenvalue weighted by Crippen LogP contribution is -2.50. The number of hydrogen-bond donors (Lipinski definition) is 1. The quantitative estimate of drug-likeness (QED) is 0.766. The number of hydrogen-bond acceptors (Lipinski definition) is 3. The first-order chi connectivity index (χ1) is 8.86. The summed E-state index contributed by atoms with van der Waals surface area (Å²) in [6.07, 6.45) is 3.95. The Hall–Kier alpha value is -0.120. The Morgan fingerprint density at radius 1 is 1.37 bits per heavy atom. The first-order valence-corrected chi connectivity index (χ1v) is 7.98. The molecule has 2 atom stereocenters. The van der Waals surface area contributed by atoms with Crippen molar-refractivity contribution in [1.82, 2.24) is 15.1 Å². The van der Waals surface area contributed by atoms with Gasteiger partial charge in [-0.05, 0) is 45.3 Å². The Balaban J connectivity index is 2.49. The molecule has 0 aliphatic carbocycles. The van der Waals surface area contributed by atoms with E-state index in [9.17, 15) is 0 Å². The SMILES string of the molecule is CCC(C)(CNC(C)C)CN1CCCC(N(C)C)C1. The van der Waals surface area contributed by atoms with Crippen LogP contribution < -0.4 is 5.32 Å². The van der Waals surface area contributed by atoms with Crippen LogP contribution in [0.4, 0.5) is 0 Å². The van der Waals surface area contributed by atoms with Gasteiger partial charge in [0.2, 0.25) is 0 Å². The number of rotatable bonds is 7. The van der Waals surface area contributed by atoms with Crippen molar-refractivity contribution in [2.75, 3.05) is 40.3 Å². The average Bonchev–Trinajstić information content (AvgIpc) is 2.37. The van der Waals surface area contributed by atoms with E-state index in [2.05, 4.69) is 56.9 Å². The van der Waals surface area contributed by atoms with Crippen LogP contribution in [0.5, 0.6) is 0 Å². The summed E-state index contributed by atoms with van der Waals surface area (Å²) >= 11 is 0. The van der Waals surface area contributed by atoms with Crippen molar-refractivity contribution < 1.29 is 0 Å². The largest absolute Gasteiger partial charge is 0.314 e. The van der Waals surface area contributed by atoms with Crippen LogP contribution in [0.3, 0.4) is 0 Å². The highest BCUT2D eigenvalue weighted by molar-refractivity contribution is 4.85. The second-order valence-electron chi connectivity index (χ2n) is 7.19. The van der Waals surface area contributed by atoms with Crippen LogP contribution in [0.2, 0.25) is 0 Å². The first kappa shape index (κ1) is 16.9. The van der Waals surface area contributed by atoms with E-state index in [0.29, 0.717) is 11.5 Å². The van der Waals surface area contributed by atoms with E-state index >= 15 is 0 Å². The number of likely N-dealkylation sites (N-methyl/N-ethyl adjacent to an activating group) is 1. The standard InChI is InChI=1S/C16H35N3/c1-7-16(4,12-17-14(2)3)13-19-10-8-9-15(11-19)18(5)6/h14-15,17H,7-13H2,1-6H3. The monoisotopic (exact) mass is 269 g/mol. The van der Waals surface area contributed by atoms with Gasteiger partial charge in [-0.3, -0.25) is 0 Å². The zero-order valence-corrected chi connectivity index (χ0v) is 14.0. The van der Waals surface area contributed by atoms with E-state index in [1.54, 1.807) is 0 Å². The van der Waals surface area contributed by atoms with Crippen molar-refractivity contribution in [1.29, 1.82) is 0 Å². The van der Waals surface area contributed by atoms with Gasteiger partial charge in [-0.25, -0.2) is 0 Å². The Labute approximate surface area is 120 Å². The summed E-state index contributed by atoms with van der Waals surface area (Å²) in [5.74, 6) is 0. The molecule has 0 amide bonds. The molecule has 0 bridgehead atoms. The Morgan fingerprint density at radius 3 is 2.58 bits per heavy atom. The van der Waals surface area contributed by atoms with Crippen LogP contribution in [-0.2, 0) is 0 Å². The molecule has 3 heteroatoms. The van der Waals surface area contributed by atoms with Gasteiger partial charge in [0.25, 0.3) is 0 Å². The van der Waals surface area contributed by atoms with Gasteiger partial charge >= 0.3 is 0 Å². The van der Waals surface area contributed by atoms with Crippen molar-refractivity contribution in [3.63, 3.8) is 0 Å². The molecule has 2 unspecified atom stereocenters. The van der Waals surface area contributed by atoms with Crippen LogP contribution in [0.25, 0.3) is 0 Å². The van der Waals surface area contributed by atoms with Gasteiger partial charge in [0.05, 0.1) is 0 Å². The molecule has 1 rings (SSSR count). The Morgan fingerprint density at radius 2 is 2.05 bits per heavy atom. The highest BCUT2D eigenvalue weighted by Gasteiger charge is 2.29. The van der Waals surface area contributed by atoms with Gasteiger partial charge < -0.3 is 15.1 Å². The van der Waals surface area contributed by atoms with Crippen LogP contribution in [-0.4, -0.2) is 62.2 Å². The fraction of sp³-hybridized carbons (Fsp3) is 1.00. The molecule has 0 aromatic heterocycles. The summed E-state index contributed by atoms with van der Waals surface area (Å²) in [7, 11) is 4.43. The lowest BCUT2D eigenvalue weighted by molar-refractivity contribution is 0.0871. The smallest absolute Gasteiger partial charge is 0.0217 e. The molecule has 0 aromatic rings. The van der Waals surface area contributed by atoms with Crippen molar-refractivity contribution in [2.24, 2.45) is 5.41 Å². The fourth-order valence-corrected chi connectivity index (χ4v) is 2.88. The molecule has 0 spiro atoms. The second-order valence-corrected chi connectivity index (χ2v) is 7.19. The number of likely N-dealkylation sites (tertiary alicyclic amines) is 1. The molecule has 0 saturated carbocycles. The molecule has 0 radical (unpaired) electrons. The average molecular weight is 269 g/mol. The third-order valence-corrected chi connectivity index (χ3v) is 4.61. The molecule has 1 fully saturated rings. The number of piperidine rings is 1. The maximum absolute atomic E-state index is 3.62. The first-order valence-electron chi connectivity index (χ1n) is 7.98. The van der Waals surface area contributed by atoms with Crippen molar-refractivity contribution in [2.45, 2.75) is 59.0 Å². The van der Waals surface area contributed by atoms with Crippen LogP contribution in [0.1, 0.15) is 47.0 Å². The van der Waals surface area contributed by atoms with E-state index in [1.165, 1.54) is 38.9 Å². The Bertz CT molecular complexity index is 252. The summed E-state index contributed by atoms with van der Waals surface area (Å²) in [4.78, 5) is 5.07. The van der Waals surface area contributed by atoms with Crippen LogP contribution in [0.15, 0.2) is 0 Å². The second kappa shape index (κ2) is 7.61.